The molecule has 1 aromatic rings. The zero-order valence-electron chi connectivity index (χ0n) is 18.6. The average molecular weight is 417 g/mol. The lowest BCUT2D eigenvalue weighted by atomic mass is 10.2. The fourth-order valence-corrected chi connectivity index (χ4v) is 4.08. The normalized spacial score (nSPS) is 20.3. The number of ether oxygens (including phenoxy) is 1. The third kappa shape index (κ3) is 6.36. The van der Waals surface area contributed by atoms with Crippen molar-refractivity contribution in [2.45, 2.75) is 51.7 Å². The quantitative estimate of drug-likeness (QED) is 0.723. The highest BCUT2D eigenvalue weighted by Gasteiger charge is 2.36. The van der Waals surface area contributed by atoms with Crippen LogP contribution >= 0.6 is 0 Å². The number of likely N-dealkylation sites (tertiary alicyclic amines) is 1. The van der Waals surface area contributed by atoms with Crippen LogP contribution in [0.1, 0.15) is 40.0 Å². The van der Waals surface area contributed by atoms with Gasteiger partial charge in [-0.05, 0) is 58.7 Å². The van der Waals surface area contributed by atoms with Gasteiger partial charge >= 0.3 is 6.09 Å². The molecule has 0 radical (unpaired) electrons. The van der Waals surface area contributed by atoms with E-state index in [0.717, 1.165) is 45.6 Å². The van der Waals surface area contributed by atoms with Crippen molar-refractivity contribution >= 4 is 17.7 Å². The van der Waals surface area contributed by atoms with Gasteiger partial charge in [-0.15, -0.1) is 0 Å². The molecule has 2 saturated heterocycles. The summed E-state index contributed by atoms with van der Waals surface area (Å²) in [6.07, 6.45) is 2.06. The summed E-state index contributed by atoms with van der Waals surface area (Å²) >= 11 is 0. The van der Waals surface area contributed by atoms with Crippen LogP contribution < -0.4 is 10.2 Å². The third-order valence-corrected chi connectivity index (χ3v) is 5.63. The van der Waals surface area contributed by atoms with Gasteiger partial charge in [-0.2, -0.15) is 0 Å². The van der Waals surface area contributed by atoms with E-state index in [-0.39, 0.29) is 5.91 Å². The van der Waals surface area contributed by atoms with E-state index in [1.165, 1.54) is 5.69 Å². The number of rotatable bonds is 6. The first-order valence-corrected chi connectivity index (χ1v) is 11.1. The molecule has 2 aliphatic rings. The van der Waals surface area contributed by atoms with Crippen LogP contribution in [0.3, 0.4) is 0 Å². The van der Waals surface area contributed by atoms with Gasteiger partial charge in [-0.3, -0.25) is 14.6 Å². The molecule has 7 nitrogen and oxygen atoms in total. The second-order valence-electron chi connectivity index (χ2n) is 9.14. The number of hydrogen-bond acceptors (Lipinski definition) is 5. The molecule has 2 aliphatic heterocycles. The largest absolute Gasteiger partial charge is 0.444 e. The summed E-state index contributed by atoms with van der Waals surface area (Å²) in [7, 11) is 0. The van der Waals surface area contributed by atoms with Crippen molar-refractivity contribution in [2.75, 3.05) is 50.7 Å². The van der Waals surface area contributed by atoms with Crippen molar-refractivity contribution in [2.24, 2.45) is 0 Å². The predicted molar refractivity (Wildman–Crippen MR) is 119 cm³/mol. The van der Waals surface area contributed by atoms with Crippen LogP contribution in [-0.2, 0) is 9.53 Å². The van der Waals surface area contributed by atoms with Gasteiger partial charge in [0.1, 0.15) is 11.6 Å². The number of para-hydroxylation sites is 1. The summed E-state index contributed by atoms with van der Waals surface area (Å²) in [5, 5.41) is 3.02. The molecule has 3 rings (SSSR count). The predicted octanol–water partition coefficient (Wildman–Crippen LogP) is 2.71. The molecule has 2 heterocycles. The number of benzene rings is 1. The van der Waals surface area contributed by atoms with Crippen molar-refractivity contribution in [3.05, 3.63) is 30.3 Å². The Labute approximate surface area is 180 Å². The second kappa shape index (κ2) is 10.2. The summed E-state index contributed by atoms with van der Waals surface area (Å²) < 4.78 is 5.44. The van der Waals surface area contributed by atoms with E-state index in [9.17, 15) is 9.59 Å². The highest BCUT2D eigenvalue weighted by atomic mass is 16.6. The lowest BCUT2D eigenvalue weighted by Crippen LogP contribution is -2.48. The van der Waals surface area contributed by atoms with Gasteiger partial charge in [0.05, 0.1) is 0 Å². The SMILES string of the molecule is CC(C)(C)OC(=O)N1CCC[C@H]1C(=O)NCCCN1CCN(c2ccccc2)CC1. The summed E-state index contributed by atoms with van der Waals surface area (Å²) in [6.45, 7) is 11.9. The number of nitrogens with one attached hydrogen (secondary N) is 1. The molecule has 0 saturated carbocycles. The molecule has 0 aromatic heterocycles. The van der Waals surface area contributed by atoms with Crippen LogP contribution in [0, 0.1) is 0 Å². The molecule has 2 amide bonds. The molecule has 1 atom stereocenters. The topological polar surface area (TPSA) is 65.1 Å². The summed E-state index contributed by atoms with van der Waals surface area (Å²) in [5.74, 6) is -0.0627. The minimum Gasteiger partial charge on any atom is -0.444 e. The Bertz CT molecular complexity index is 696. The van der Waals surface area contributed by atoms with Crippen LogP contribution in [0.25, 0.3) is 0 Å². The minimum atomic E-state index is -0.550. The summed E-state index contributed by atoms with van der Waals surface area (Å²) in [5.41, 5.74) is 0.737. The van der Waals surface area contributed by atoms with Crippen LogP contribution in [0.4, 0.5) is 10.5 Å². The third-order valence-electron chi connectivity index (χ3n) is 5.63. The first-order chi connectivity index (χ1) is 14.3. The number of nitrogens with zero attached hydrogens (tertiary/aromatic N) is 3. The monoisotopic (exact) mass is 416 g/mol. The van der Waals surface area contributed by atoms with Crippen LogP contribution in [-0.4, -0.2) is 79.3 Å². The van der Waals surface area contributed by atoms with Crippen molar-refractivity contribution in [3.63, 3.8) is 0 Å². The van der Waals surface area contributed by atoms with Crippen molar-refractivity contribution in [1.29, 1.82) is 0 Å². The number of carbonyl (C=O) groups excluding carboxylic acids is 2. The van der Waals surface area contributed by atoms with E-state index in [1.54, 1.807) is 4.90 Å². The molecule has 7 heteroatoms. The Kier molecular flexibility index (Phi) is 7.58. The van der Waals surface area contributed by atoms with Crippen molar-refractivity contribution in [3.8, 4) is 0 Å². The molecular weight excluding hydrogens is 380 g/mol. The van der Waals surface area contributed by atoms with Gasteiger partial charge in [0.25, 0.3) is 0 Å². The average Bonchev–Trinajstić information content (AvgIpc) is 3.21. The van der Waals surface area contributed by atoms with E-state index >= 15 is 0 Å². The first kappa shape index (κ1) is 22.4. The van der Waals surface area contributed by atoms with Gasteiger partial charge in [-0.1, -0.05) is 18.2 Å². The number of carbonyl (C=O) groups is 2. The standard InChI is InChI=1S/C23H36N4O3/c1-23(2,3)30-22(29)27-14-7-11-20(27)21(28)24-12-8-13-25-15-17-26(18-16-25)19-9-5-4-6-10-19/h4-6,9-10,20H,7-8,11-18H2,1-3H3,(H,24,28)/t20-/m0/s1. The Hall–Kier alpha value is -2.28. The summed E-state index contributed by atoms with van der Waals surface area (Å²) in [4.78, 5) is 31.4. The number of piperazine rings is 1. The maximum atomic E-state index is 12.6. The molecule has 0 bridgehead atoms. The Morgan fingerprint density at radius 2 is 1.77 bits per heavy atom. The van der Waals surface area contributed by atoms with E-state index < -0.39 is 17.7 Å². The fourth-order valence-electron chi connectivity index (χ4n) is 4.08. The number of hydrogen-bond donors (Lipinski definition) is 1. The zero-order chi connectivity index (χ0) is 21.6. The zero-order valence-corrected chi connectivity index (χ0v) is 18.6. The van der Waals surface area contributed by atoms with Gasteiger partial charge in [0.2, 0.25) is 5.91 Å². The molecule has 1 aromatic carbocycles. The lowest BCUT2D eigenvalue weighted by molar-refractivity contribution is -0.125. The van der Waals surface area contributed by atoms with E-state index in [4.69, 9.17) is 4.74 Å². The number of amides is 2. The molecule has 30 heavy (non-hydrogen) atoms. The molecular formula is C23H36N4O3. The maximum Gasteiger partial charge on any atom is 0.410 e. The highest BCUT2D eigenvalue weighted by Crippen LogP contribution is 2.21. The minimum absolute atomic E-state index is 0.0627. The molecule has 2 fully saturated rings. The van der Waals surface area contributed by atoms with E-state index in [2.05, 4.69) is 39.4 Å². The fraction of sp³-hybridized carbons (Fsp3) is 0.652. The molecule has 0 spiro atoms. The van der Waals surface area contributed by atoms with Crippen LogP contribution in [0.2, 0.25) is 0 Å². The first-order valence-electron chi connectivity index (χ1n) is 11.1. The van der Waals surface area contributed by atoms with E-state index in [0.29, 0.717) is 19.5 Å². The molecule has 166 valence electrons. The maximum absolute atomic E-state index is 12.6. The van der Waals surface area contributed by atoms with Gasteiger partial charge < -0.3 is 15.0 Å². The van der Waals surface area contributed by atoms with Gasteiger partial charge in [-0.25, -0.2) is 4.79 Å². The van der Waals surface area contributed by atoms with Crippen molar-refractivity contribution in [1.82, 2.24) is 15.1 Å². The van der Waals surface area contributed by atoms with Gasteiger partial charge in [0, 0.05) is 45.0 Å². The number of anilines is 1. The lowest BCUT2D eigenvalue weighted by Gasteiger charge is -2.36. The summed E-state index contributed by atoms with van der Waals surface area (Å²) in [6, 6.07) is 10.1. The van der Waals surface area contributed by atoms with Crippen molar-refractivity contribution < 1.29 is 14.3 Å². The Morgan fingerprint density at radius 1 is 1.07 bits per heavy atom. The van der Waals surface area contributed by atoms with Crippen LogP contribution in [0.5, 0.6) is 0 Å². The van der Waals surface area contributed by atoms with E-state index in [1.807, 2.05) is 26.8 Å². The van der Waals surface area contributed by atoms with Gasteiger partial charge in [0.15, 0.2) is 0 Å². The highest BCUT2D eigenvalue weighted by molar-refractivity contribution is 5.86. The molecule has 0 aliphatic carbocycles. The second-order valence-corrected chi connectivity index (χ2v) is 9.14. The Balaban J connectivity index is 1.34. The smallest absolute Gasteiger partial charge is 0.410 e. The molecule has 0 unspecified atom stereocenters. The Morgan fingerprint density at radius 3 is 2.43 bits per heavy atom. The van der Waals surface area contributed by atoms with Crippen LogP contribution in [0.15, 0.2) is 30.3 Å². The molecule has 1 N–H and O–H groups in total.